The second-order valence-corrected chi connectivity index (χ2v) is 4.58. The minimum atomic E-state index is 0.749. The molecule has 0 amide bonds. The van der Waals surface area contributed by atoms with E-state index in [1.807, 2.05) is 0 Å². The van der Waals surface area contributed by atoms with E-state index in [2.05, 4.69) is 32.9 Å². The van der Waals surface area contributed by atoms with Crippen LogP contribution in [0.5, 0.6) is 0 Å². The molecule has 1 saturated carbocycles. The van der Waals surface area contributed by atoms with Crippen molar-refractivity contribution in [1.82, 2.24) is 0 Å². The third-order valence-electron chi connectivity index (χ3n) is 3.55. The number of nitrogen functional groups attached to an aromatic ring is 1. The molecule has 1 aromatic carbocycles. The summed E-state index contributed by atoms with van der Waals surface area (Å²) in [5.74, 6) is 1.64. The van der Waals surface area contributed by atoms with Crippen molar-refractivity contribution in [1.29, 1.82) is 0 Å². The quantitative estimate of drug-likeness (QED) is 0.709. The van der Waals surface area contributed by atoms with Gasteiger partial charge in [0.25, 0.3) is 0 Å². The van der Waals surface area contributed by atoms with Crippen LogP contribution in [0.1, 0.15) is 42.4 Å². The number of aryl methyl sites for hydroxylation is 2. The van der Waals surface area contributed by atoms with Crippen molar-refractivity contribution in [2.24, 2.45) is 5.92 Å². The summed E-state index contributed by atoms with van der Waals surface area (Å²) in [6.45, 7) is 6.56. The predicted molar refractivity (Wildman–Crippen MR) is 61.5 cm³/mol. The number of rotatable bonds is 2. The van der Waals surface area contributed by atoms with Crippen LogP contribution in [0.15, 0.2) is 12.1 Å². The predicted octanol–water partition coefficient (Wildman–Crippen LogP) is 3.40. The van der Waals surface area contributed by atoms with Crippen LogP contribution in [0.2, 0.25) is 0 Å². The van der Waals surface area contributed by atoms with Crippen molar-refractivity contribution >= 4 is 5.69 Å². The first-order valence-corrected chi connectivity index (χ1v) is 5.50. The highest BCUT2D eigenvalue weighted by molar-refractivity contribution is 5.55. The van der Waals surface area contributed by atoms with Crippen LogP contribution in [-0.2, 0) is 0 Å². The van der Waals surface area contributed by atoms with Crippen LogP contribution in [0.4, 0.5) is 5.69 Å². The van der Waals surface area contributed by atoms with Crippen molar-refractivity contribution < 1.29 is 0 Å². The molecule has 0 spiro atoms. The summed E-state index contributed by atoms with van der Waals surface area (Å²) in [6, 6.07) is 4.40. The Morgan fingerprint density at radius 1 is 1.29 bits per heavy atom. The molecule has 1 heteroatoms. The lowest BCUT2D eigenvalue weighted by molar-refractivity contribution is 0.766. The molecule has 2 rings (SSSR count). The Kier molecular flexibility index (Phi) is 2.26. The maximum Gasteiger partial charge on any atom is 0.0352 e. The highest BCUT2D eigenvalue weighted by Crippen LogP contribution is 2.51. The SMILES string of the molecule is CCC1CC1c1cc(C)c(C)cc1N. The van der Waals surface area contributed by atoms with Crippen LogP contribution < -0.4 is 5.73 Å². The molecule has 1 nitrogen and oxygen atoms in total. The van der Waals surface area contributed by atoms with Crippen LogP contribution >= 0.6 is 0 Å². The van der Waals surface area contributed by atoms with Gasteiger partial charge < -0.3 is 5.73 Å². The van der Waals surface area contributed by atoms with Gasteiger partial charge in [-0.1, -0.05) is 19.4 Å². The molecular weight excluding hydrogens is 170 g/mol. The highest BCUT2D eigenvalue weighted by Gasteiger charge is 2.37. The summed E-state index contributed by atoms with van der Waals surface area (Å²) in [4.78, 5) is 0. The normalized spacial score (nSPS) is 25.1. The van der Waals surface area contributed by atoms with Gasteiger partial charge in [0.1, 0.15) is 0 Å². The molecule has 1 fully saturated rings. The molecule has 2 unspecified atom stereocenters. The van der Waals surface area contributed by atoms with Crippen LogP contribution in [-0.4, -0.2) is 0 Å². The summed E-state index contributed by atoms with van der Waals surface area (Å²) in [7, 11) is 0. The Bertz CT molecular complexity index is 354. The Morgan fingerprint density at radius 3 is 2.50 bits per heavy atom. The molecule has 14 heavy (non-hydrogen) atoms. The van der Waals surface area contributed by atoms with Gasteiger partial charge in [0, 0.05) is 5.69 Å². The first-order valence-electron chi connectivity index (χ1n) is 5.50. The van der Waals surface area contributed by atoms with Crippen LogP contribution in [0.3, 0.4) is 0 Å². The Balaban J connectivity index is 2.31. The largest absolute Gasteiger partial charge is 0.398 e. The number of hydrogen-bond acceptors (Lipinski definition) is 1. The Labute approximate surface area is 86.3 Å². The molecule has 1 aliphatic rings. The number of anilines is 1. The van der Waals surface area contributed by atoms with Gasteiger partial charge in [0.15, 0.2) is 0 Å². The van der Waals surface area contributed by atoms with Crippen molar-refractivity contribution in [2.45, 2.75) is 39.5 Å². The zero-order valence-electron chi connectivity index (χ0n) is 9.30. The fourth-order valence-electron chi connectivity index (χ4n) is 2.26. The van der Waals surface area contributed by atoms with Gasteiger partial charge in [0.05, 0.1) is 0 Å². The van der Waals surface area contributed by atoms with Gasteiger partial charge in [0.2, 0.25) is 0 Å². The van der Waals surface area contributed by atoms with E-state index in [9.17, 15) is 0 Å². The van der Waals surface area contributed by atoms with Crippen molar-refractivity contribution in [3.05, 3.63) is 28.8 Å². The standard InChI is InChI=1S/C13H19N/c1-4-10-7-11(10)12-5-8(2)9(3)6-13(12)14/h5-6,10-11H,4,7,14H2,1-3H3. The molecule has 1 aliphatic carbocycles. The van der Waals surface area contributed by atoms with Crippen LogP contribution in [0.25, 0.3) is 0 Å². The Morgan fingerprint density at radius 2 is 1.93 bits per heavy atom. The zero-order chi connectivity index (χ0) is 10.3. The van der Waals surface area contributed by atoms with Gasteiger partial charge in [-0.2, -0.15) is 0 Å². The Hall–Kier alpha value is -0.980. The molecule has 76 valence electrons. The fraction of sp³-hybridized carbons (Fsp3) is 0.538. The maximum atomic E-state index is 6.05. The second-order valence-electron chi connectivity index (χ2n) is 4.58. The van der Waals surface area contributed by atoms with Gasteiger partial charge in [-0.25, -0.2) is 0 Å². The molecule has 0 aliphatic heterocycles. The topological polar surface area (TPSA) is 26.0 Å². The molecule has 2 atom stereocenters. The summed E-state index contributed by atoms with van der Waals surface area (Å²) < 4.78 is 0. The average Bonchev–Trinajstić information content (AvgIpc) is 2.90. The smallest absolute Gasteiger partial charge is 0.0352 e. The lowest BCUT2D eigenvalue weighted by atomic mass is 10.00. The van der Waals surface area contributed by atoms with E-state index < -0.39 is 0 Å². The molecular formula is C13H19N. The van der Waals surface area contributed by atoms with E-state index in [0.29, 0.717) is 0 Å². The van der Waals surface area contributed by atoms with Gasteiger partial charge >= 0.3 is 0 Å². The van der Waals surface area contributed by atoms with E-state index in [4.69, 9.17) is 5.73 Å². The highest BCUT2D eigenvalue weighted by atomic mass is 14.6. The third kappa shape index (κ3) is 1.52. The summed E-state index contributed by atoms with van der Waals surface area (Å²) in [5.41, 5.74) is 11.1. The monoisotopic (exact) mass is 189 g/mol. The molecule has 0 saturated heterocycles. The molecule has 0 radical (unpaired) electrons. The number of hydrogen-bond donors (Lipinski definition) is 1. The van der Waals surface area contributed by atoms with Crippen molar-refractivity contribution in [3.63, 3.8) is 0 Å². The van der Waals surface area contributed by atoms with Gasteiger partial charge in [-0.15, -0.1) is 0 Å². The minimum Gasteiger partial charge on any atom is -0.398 e. The van der Waals surface area contributed by atoms with E-state index in [1.165, 1.54) is 29.5 Å². The first-order chi connectivity index (χ1) is 6.63. The zero-order valence-corrected chi connectivity index (χ0v) is 9.30. The second kappa shape index (κ2) is 3.30. The van der Waals surface area contributed by atoms with E-state index in [1.54, 1.807) is 0 Å². The molecule has 0 bridgehead atoms. The number of nitrogens with two attached hydrogens (primary N) is 1. The lowest BCUT2D eigenvalue weighted by Gasteiger charge is -2.08. The van der Waals surface area contributed by atoms with Gasteiger partial charge in [-0.05, 0) is 54.9 Å². The van der Waals surface area contributed by atoms with Crippen LogP contribution in [0, 0.1) is 19.8 Å². The lowest BCUT2D eigenvalue weighted by Crippen LogP contribution is -1.96. The maximum absolute atomic E-state index is 6.05. The molecule has 1 aromatic rings. The molecule has 2 N–H and O–H groups in total. The van der Waals surface area contributed by atoms with E-state index in [0.717, 1.165) is 17.5 Å². The van der Waals surface area contributed by atoms with Crippen molar-refractivity contribution in [3.8, 4) is 0 Å². The molecule has 0 heterocycles. The third-order valence-corrected chi connectivity index (χ3v) is 3.55. The minimum absolute atomic E-state index is 0.749. The summed E-state index contributed by atoms with van der Waals surface area (Å²) in [6.07, 6.45) is 2.63. The van der Waals surface area contributed by atoms with Crippen molar-refractivity contribution in [2.75, 3.05) is 5.73 Å². The average molecular weight is 189 g/mol. The van der Waals surface area contributed by atoms with E-state index >= 15 is 0 Å². The summed E-state index contributed by atoms with van der Waals surface area (Å²) >= 11 is 0. The summed E-state index contributed by atoms with van der Waals surface area (Å²) in [5, 5.41) is 0. The first kappa shape index (κ1) is 9.57. The number of benzene rings is 1. The van der Waals surface area contributed by atoms with Gasteiger partial charge in [-0.3, -0.25) is 0 Å². The van der Waals surface area contributed by atoms with E-state index in [-0.39, 0.29) is 0 Å². The molecule has 0 aromatic heterocycles. The fourth-order valence-corrected chi connectivity index (χ4v) is 2.26.